The summed E-state index contributed by atoms with van der Waals surface area (Å²) in [4.78, 5) is 73.6. The van der Waals surface area contributed by atoms with Crippen LogP contribution < -0.4 is 31.3 Å². The summed E-state index contributed by atoms with van der Waals surface area (Å²) >= 11 is 0. The second-order valence-corrected chi connectivity index (χ2v) is 16.2. The van der Waals surface area contributed by atoms with E-state index >= 15 is 0 Å². The third kappa shape index (κ3) is 8.23. The maximum atomic E-state index is 13.4. The van der Waals surface area contributed by atoms with Crippen molar-refractivity contribution in [3.8, 4) is 11.8 Å². The van der Waals surface area contributed by atoms with E-state index in [9.17, 15) is 42.4 Å². The van der Waals surface area contributed by atoms with Crippen LogP contribution in [0.1, 0.15) is 89.6 Å². The number of piperidine rings is 1. The molecule has 2 aromatic carbocycles. The number of hydrogen-bond donors (Lipinski definition) is 5. The van der Waals surface area contributed by atoms with Gasteiger partial charge in [0.1, 0.15) is 29.2 Å². The van der Waals surface area contributed by atoms with Crippen molar-refractivity contribution in [2.24, 2.45) is 23.2 Å². The molecule has 2 aliphatic heterocycles. The Morgan fingerprint density at radius 1 is 1.00 bits per heavy atom. The Balaban J connectivity index is 0.833. The molecule has 4 bridgehead atoms. The van der Waals surface area contributed by atoms with Gasteiger partial charge >= 0.3 is 6.36 Å². The maximum Gasteiger partial charge on any atom is 0.573 e. The quantitative estimate of drug-likeness (QED) is 0.109. The minimum atomic E-state index is -4.84. The number of carbonyl (C=O) groups is 5. The Morgan fingerprint density at radius 3 is 2.53 bits per heavy atom. The lowest BCUT2D eigenvalue weighted by molar-refractivity contribution is -0.274. The van der Waals surface area contributed by atoms with Crippen LogP contribution in [0.15, 0.2) is 48.7 Å². The van der Waals surface area contributed by atoms with Crippen molar-refractivity contribution >= 4 is 47.0 Å². The summed E-state index contributed by atoms with van der Waals surface area (Å²) < 4.78 is 42.9. The van der Waals surface area contributed by atoms with Gasteiger partial charge in [-0.3, -0.25) is 34.2 Å². The molecule has 0 spiro atoms. The molecule has 5 N–H and O–H groups in total. The number of benzene rings is 2. The highest BCUT2D eigenvalue weighted by Gasteiger charge is 2.55. The van der Waals surface area contributed by atoms with Gasteiger partial charge in [-0.1, -0.05) is 24.3 Å². The Kier molecular flexibility index (Phi) is 10.6. The topological polar surface area (TPSA) is 208 Å². The fraction of sp³-hybridized carbons (Fsp3) is 0.463. The predicted molar refractivity (Wildman–Crippen MR) is 204 cm³/mol. The zero-order valence-electron chi connectivity index (χ0n) is 31.9. The molecule has 6 atom stereocenters. The van der Waals surface area contributed by atoms with E-state index in [-0.39, 0.29) is 77.1 Å². The molecule has 308 valence electrons. The number of halogens is 3. The number of rotatable bonds is 14. The SMILES string of the molecule is N#Cc1cnc(NCc2ccccc2OC(F)(F)F)nc1NCC12CC3C[C@H](C1)C(NC(=O)CCCNc1cccc4c1C(=O)N(C1CCC(=O)NC1=O)C4=O)[C@@H](C3)C2. The first-order valence-electron chi connectivity index (χ1n) is 19.8. The molecule has 59 heavy (non-hydrogen) atoms. The number of aromatic nitrogens is 2. The van der Waals surface area contributed by atoms with E-state index in [0.717, 1.165) is 37.0 Å². The zero-order chi connectivity index (χ0) is 41.5. The molecule has 4 unspecified atom stereocenters. The average Bonchev–Trinajstić information content (AvgIpc) is 3.45. The van der Waals surface area contributed by atoms with Crippen LogP contribution in [0.3, 0.4) is 0 Å². The van der Waals surface area contributed by atoms with Crippen LogP contribution in [0.4, 0.5) is 30.6 Å². The Morgan fingerprint density at radius 2 is 1.78 bits per heavy atom. The molecule has 5 fully saturated rings. The van der Waals surface area contributed by atoms with Crippen molar-refractivity contribution < 1.29 is 41.9 Å². The number of hydrogen-bond acceptors (Lipinski definition) is 12. The van der Waals surface area contributed by atoms with Crippen LogP contribution >= 0.6 is 0 Å². The predicted octanol–water partition coefficient (Wildman–Crippen LogP) is 4.88. The summed E-state index contributed by atoms with van der Waals surface area (Å²) in [6.45, 7) is 0.892. The molecule has 5 amide bonds. The number of para-hydroxylation sites is 1. The number of anilines is 3. The number of carbonyl (C=O) groups excluding carboxylic acids is 5. The van der Waals surface area contributed by atoms with Crippen LogP contribution in [0.5, 0.6) is 5.75 Å². The number of fused-ring (bicyclic) bond motifs is 1. The summed E-state index contributed by atoms with van der Waals surface area (Å²) in [5, 5.41) is 24.9. The van der Waals surface area contributed by atoms with Crippen molar-refractivity contribution in [2.45, 2.75) is 82.8 Å². The van der Waals surface area contributed by atoms with Crippen LogP contribution in [0.2, 0.25) is 0 Å². The van der Waals surface area contributed by atoms with Gasteiger partial charge in [0.2, 0.25) is 23.7 Å². The summed E-state index contributed by atoms with van der Waals surface area (Å²) in [6.07, 6.45) is 2.23. The second kappa shape index (κ2) is 15.8. The lowest BCUT2D eigenvalue weighted by atomic mass is 9.48. The molecule has 3 aromatic rings. The van der Waals surface area contributed by atoms with Gasteiger partial charge in [0.15, 0.2) is 0 Å². The first-order chi connectivity index (χ1) is 28.3. The number of nitrogens with one attached hydrogen (secondary N) is 5. The van der Waals surface area contributed by atoms with Gasteiger partial charge in [-0.15, -0.1) is 13.2 Å². The molecule has 9 rings (SSSR count). The van der Waals surface area contributed by atoms with Gasteiger partial charge in [-0.05, 0) is 86.3 Å². The Hall–Kier alpha value is -6.25. The number of alkyl halides is 3. The minimum absolute atomic E-state index is 0.0316. The van der Waals surface area contributed by atoms with Crippen molar-refractivity contribution in [1.82, 2.24) is 25.5 Å². The second-order valence-electron chi connectivity index (χ2n) is 16.2. The summed E-state index contributed by atoms with van der Waals surface area (Å²) in [6, 6.07) is 11.8. The summed E-state index contributed by atoms with van der Waals surface area (Å²) in [5.74, 6) is -1.09. The smallest absolute Gasteiger partial charge is 0.405 e. The van der Waals surface area contributed by atoms with Gasteiger partial charge in [0, 0.05) is 49.8 Å². The molecule has 3 heterocycles. The van der Waals surface area contributed by atoms with E-state index in [1.807, 2.05) is 0 Å². The van der Waals surface area contributed by atoms with Gasteiger partial charge < -0.3 is 26.0 Å². The number of nitrogens with zero attached hydrogens (tertiary/aromatic N) is 4. The summed E-state index contributed by atoms with van der Waals surface area (Å²) in [5.41, 5.74) is 1.24. The first-order valence-corrected chi connectivity index (χ1v) is 19.8. The van der Waals surface area contributed by atoms with Crippen molar-refractivity contribution in [2.75, 3.05) is 29.0 Å². The first kappa shape index (κ1) is 39.6. The third-order valence-corrected chi connectivity index (χ3v) is 12.3. The molecule has 4 saturated carbocycles. The van der Waals surface area contributed by atoms with Crippen molar-refractivity contribution in [1.29, 1.82) is 5.26 Å². The molecule has 1 aromatic heterocycles. The molecule has 4 aliphatic carbocycles. The normalized spacial score (nSPS) is 25.6. The van der Waals surface area contributed by atoms with E-state index in [4.69, 9.17) is 0 Å². The van der Waals surface area contributed by atoms with E-state index in [2.05, 4.69) is 47.4 Å². The summed E-state index contributed by atoms with van der Waals surface area (Å²) in [7, 11) is 0. The lowest BCUT2D eigenvalue weighted by Crippen LogP contribution is -2.60. The molecular weight excluding hydrogens is 772 g/mol. The highest BCUT2D eigenvalue weighted by atomic mass is 19.4. The van der Waals surface area contributed by atoms with Crippen LogP contribution in [-0.4, -0.2) is 75.9 Å². The highest BCUT2D eigenvalue weighted by molar-refractivity contribution is 6.25. The fourth-order valence-electron chi connectivity index (χ4n) is 10.0. The van der Waals surface area contributed by atoms with Gasteiger partial charge in [-0.25, -0.2) is 4.98 Å². The van der Waals surface area contributed by atoms with Crippen LogP contribution in [-0.2, 0) is 20.9 Å². The molecule has 18 heteroatoms. The van der Waals surface area contributed by atoms with Crippen molar-refractivity contribution in [3.63, 3.8) is 0 Å². The Labute approximate surface area is 336 Å². The molecule has 0 radical (unpaired) electrons. The van der Waals surface area contributed by atoms with Crippen LogP contribution in [0.25, 0.3) is 0 Å². The highest BCUT2D eigenvalue weighted by Crippen LogP contribution is 2.60. The fourth-order valence-corrected chi connectivity index (χ4v) is 10.0. The number of imide groups is 2. The van der Waals surface area contributed by atoms with E-state index in [1.165, 1.54) is 30.5 Å². The number of nitriles is 1. The zero-order valence-corrected chi connectivity index (χ0v) is 31.9. The maximum absolute atomic E-state index is 13.4. The molecular formula is C41H42F3N9O6. The molecule has 1 saturated heterocycles. The van der Waals surface area contributed by atoms with E-state index < -0.39 is 36.0 Å². The van der Waals surface area contributed by atoms with E-state index in [1.54, 1.807) is 18.2 Å². The van der Waals surface area contributed by atoms with Crippen LogP contribution in [0, 0.1) is 34.5 Å². The largest absolute Gasteiger partial charge is 0.573 e. The Bertz CT molecular complexity index is 2230. The van der Waals surface area contributed by atoms with Gasteiger partial charge in [0.05, 0.1) is 17.3 Å². The lowest BCUT2D eigenvalue weighted by Gasteiger charge is -2.60. The number of amides is 5. The average molecular weight is 814 g/mol. The number of ether oxygens (including phenoxy) is 1. The molecule has 6 aliphatic rings. The molecule has 15 nitrogen and oxygen atoms in total. The van der Waals surface area contributed by atoms with Gasteiger partial charge in [0.25, 0.3) is 11.8 Å². The van der Waals surface area contributed by atoms with Gasteiger partial charge in [-0.2, -0.15) is 10.2 Å². The third-order valence-electron chi connectivity index (χ3n) is 12.3. The minimum Gasteiger partial charge on any atom is -0.405 e. The standard InChI is InChI=1S/C41H42F3N9O6/c42-41(43,44)59-30-8-2-1-5-23(30)19-47-39-48-20-26(18-45)35(52-39)49-21-40-15-22-13-24(16-40)34(25(14-22)17-40)50-31(54)9-4-12-46-28-7-3-6-27-33(28)38(58)53(37(27)57)29-10-11-32(55)51-36(29)56/h1-3,5-8,20,22,24-25,29,34,46H,4,9-17,19,21H2,(H,50,54)(H,51,55,56)(H2,47,48,49,52)/t22?,24-,25+,29?,34?,40?. The van der Waals surface area contributed by atoms with E-state index in [0.29, 0.717) is 48.8 Å². The monoisotopic (exact) mass is 813 g/mol. The van der Waals surface area contributed by atoms with Crippen molar-refractivity contribution in [3.05, 3.63) is 70.9 Å².